The van der Waals surface area contributed by atoms with Gasteiger partial charge < -0.3 is 19.5 Å². The Morgan fingerprint density at radius 3 is 1.91 bits per heavy atom. The number of hydrogen-bond donors (Lipinski definition) is 1. The number of amides is 1. The number of anilines is 1. The number of ether oxygens (including phenoxy) is 3. The Balaban J connectivity index is 0.000000402. The maximum absolute atomic E-state index is 12.0. The molecule has 0 spiro atoms. The van der Waals surface area contributed by atoms with Crippen LogP contribution in [-0.4, -0.2) is 27.2 Å². The maximum Gasteiger partial charge on any atom is 0.407 e. The Bertz CT molecular complexity index is 1580. The summed E-state index contributed by atoms with van der Waals surface area (Å²) in [6.45, 7) is 7.86. The highest BCUT2D eigenvalue weighted by atomic mass is 32.1. The van der Waals surface area contributed by atoms with Gasteiger partial charge in [-0.05, 0) is 124 Å². The zero-order valence-electron chi connectivity index (χ0n) is 26.3. The molecule has 1 amide bonds. The molecule has 0 aromatic heterocycles. The lowest BCUT2D eigenvalue weighted by Crippen LogP contribution is -2.40. The van der Waals surface area contributed by atoms with E-state index in [2.05, 4.69) is 40.7 Å². The number of benzene rings is 4. The predicted molar refractivity (Wildman–Crippen MR) is 196 cm³/mol. The normalized spacial score (nSPS) is 10.3. The molecule has 0 aliphatic heterocycles. The van der Waals surface area contributed by atoms with Crippen LogP contribution in [0.15, 0.2) is 114 Å². The molecule has 0 atom stereocenters. The van der Waals surface area contributed by atoms with Crippen LogP contribution >= 0.6 is 36.7 Å². The summed E-state index contributed by atoms with van der Waals surface area (Å²) in [4.78, 5) is 17.5. The number of alkyl carbamates (subject to hydrolysis) is 1. The van der Waals surface area contributed by atoms with Gasteiger partial charge in [-0.25, -0.2) is 9.69 Å². The molecule has 0 saturated carbocycles. The molecule has 46 heavy (non-hydrogen) atoms. The van der Waals surface area contributed by atoms with Gasteiger partial charge in [-0.2, -0.15) is 4.99 Å². The minimum atomic E-state index is -0.579. The summed E-state index contributed by atoms with van der Waals surface area (Å²) in [5.41, 5.74) is 3.08. The highest BCUT2D eigenvalue weighted by Gasteiger charge is 2.22. The number of carbonyl (C=O) groups excluding carboxylic acids is 1. The van der Waals surface area contributed by atoms with Crippen LogP contribution in [0, 0.1) is 0 Å². The Labute approximate surface area is 287 Å². The zero-order chi connectivity index (χ0) is 33.4. The molecule has 1 N–H and O–H groups in total. The van der Waals surface area contributed by atoms with E-state index in [0.29, 0.717) is 17.2 Å². The minimum absolute atomic E-state index is 0.101. The van der Waals surface area contributed by atoms with Crippen molar-refractivity contribution in [3.05, 3.63) is 120 Å². The second-order valence-corrected chi connectivity index (χ2v) is 11.7. The number of thiocarbonyl (C=S) groups is 3. The summed E-state index contributed by atoms with van der Waals surface area (Å²) in [5, 5.41) is 5.32. The van der Waals surface area contributed by atoms with Gasteiger partial charge in [0.15, 0.2) is 0 Å². The molecule has 4 aromatic carbocycles. The molecule has 10 heteroatoms. The quantitative estimate of drug-likeness (QED) is 0.147. The fraction of sp³-hybridized carbons (Fsp3) is 0.222. The van der Waals surface area contributed by atoms with E-state index >= 15 is 0 Å². The van der Waals surface area contributed by atoms with Gasteiger partial charge in [0.25, 0.3) is 10.3 Å². The van der Waals surface area contributed by atoms with Gasteiger partial charge in [0.05, 0.1) is 16.5 Å². The van der Waals surface area contributed by atoms with Crippen LogP contribution in [0.4, 0.5) is 16.2 Å². The van der Waals surface area contributed by atoms with E-state index in [0.717, 1.165) is 24.1 Å². The number of carbonyl (C=O) groups is 1. The average molecular weight is 672 g/mol. The summed E-state index contributed by atoms with van der Waals surface area (Å²) in [6.07, 6.45) is 1.76. The maximum atomic E-state index is 12.0. The molecule has 0 fully saturated rings. The van der Waals surface area contributed by atoms with Crippen molar-refractivity contribution in [3.63, 3.8) is 0 Å². The number of rotatable bonds is 8. The van der Waals surface area contributed by atoms with Crippen LogP contribution in [0.2, 0.25) is 0 Å². The second kappa shape index (κ2) is 18.5. The highest BCUT2D eigenvalue weighted by molar-refractivity contribution is 7.82. The number of para-hydroxylation sites is 2. The van der Waals surface area contributed by atoms with Crippen molar-refractivity contribution >= 4 is 69.6 Å². The first-order valence-corrected chi connectivity index (χ1v) is 15.9. The van der Waals surface area contributed by atoms with Crippen molar-refractivity contribution in [2.24, 2.45) is 4.99 Å². The second-order valence-electron chi connectivity index (χ2n) is 10.8. The molecule has 4 aromatic rings. The first-order valence-electron chi connectivity index (χ1n) is 14.6. The van der Waals surface area contributed by atoms with E-state index in [1.807, 2.05) is 99.6 Å². The van der Waals surface area contributed by atoms with Gasteiger partial charge in [0.1, 0.15) is 17.1 Å². The molecule has 0 unspecified atom stereocenters. The van der Waals surface area contributed by atoms with Crippen LogP contribution in [-0.2, 0) is 17.7 Å². The minimum Gasteiger partial charge on any atom is -0.444 e. The molecule has 0 bridgehead atoms. The largest absolute Gasteiger partial charge is 0.444 e. The van der Waals surface area contributed by atoms with E-state index in [4.69, 9.17) is 38.6 Å². The molecule has 0 radical (unpaired) electrons. The molecule has 0 aliphatic carbocycles. The number of aliphatic imine (C=N–C) groups is 1. The molecular weight excluding hydrogens is 635 g/mol. The molecular formula is C36H37N3O4S3. The van der Waals surface area contributed by atoms with E-state index < -0.39 is 11.7 Å². The Morgan fingerprint density at radius 2 is 1.37 bits per heavy atom. The van der Waals surface area contributed by atoms with Gasteiger partial charge >= 0.3 is 6.09 Å². The topological polar surface area (TPSA) is 72.4 Å². The SMILES string of the molecule is CC(C)(C)OC(=O)NCc1cccc(N(C(=S)Oc2ccccc2)C(=S)Oc2ccccc2)c1.CCCc1cccc(N=C=S)c1. The van der Waals surface area contributed by atoms with Gasteiger partial charge in [0.2, 0.25) is 0 Å². The number of aryl methyl sites for hydroxylation is 1. The van der Waals surface area contributed by atoms with Crippen LogP contribution in [0.3, 0.4) is 0 Å². The lowest BCUT2D eigenvalue weighted by molar-refractivity contribution is 0.0523. The summed E-state index contributed by atoms with van der Waals surface area (Å²) in [7, 11) is 0. The van der Waals surface area contributed by atoms with Gasteiger partial charge in [-0.3, -0.25) is 0 Å². The first-order chi connectivity index (χ1) is 22.1. The molecule has 7 nitrogen and oxygen atoms in total. The fourth-order valence-corrected chi connectivity index (χ4v) is 4.70. The van der Waals surface area contributed by atoms with Crippen LogP contribution in [0.25, 0.3) is 0 Å². The standard InChI is InChI=1S/C26H26N2O4S2.C10H11NS/c1-26(2,3)32-23(29)27-18-19-11-10-12-20(17-19)28(24(33)30-21-13-6-4-7-14-21)25(34)31-22-15-8-5-9-16-22;1-2-4-9-5-3-6-10(7-9)11-8-12/h4-17H,18H2,1-3H3,(H,27,29);3,5-7H,2,4H2,1H3. The summed E-state index contributed by atoms with van der Waals surface area (Å²) in [5.74, 6) is 1.14. The van der Waals surface area contributed by atoms with Crippen molar-refractivity contribution in [2.45, 2.75) is 52.7 Å². The van der Waals surface area contributed by atoms with Gasteiger partial charge in [0, 0.05) is 6.54 Å². The Kier molecular flexibility index (Phi) is 14.5. The van der Waals surface area contributed by atoms with E-state index in [1.54, 1.807) is 24.3 Å². The number of nitrogens with zero attached hydrogens (tertiary/aromatic N) is 2. The third-order valence-electron chi connectivity index (χ3n) is 5.89. The molecule has 238 valence electrons. The van der Waals surface area contributed by atoms with Gasteiger partial charge in [-0.15, -0.1) is 0 Å². The van der Waals surface area contributed by atoms with Crippen LogP contribution in [0.1, 0.15) is 45.2 Å². The summed E-state index contributed by atoms with van der Waals surface area (Å²) < 4.78 is 17.1. The summed E-state index contributed by atoms with van der Waals surface area (Å²) in [6, 6.07) is 33.8. The van der Waals surface area contributed by atoms with Crippen molar-refractivity contribution in [1.29, 1.82) is 0 Å². The fourth-order valence-electron chi connectivity index (χ4n) is 3.97. The van der Waals surface area contributed by atoms with Crippen molar-refractivity contribution in [1.82, 2.24) is 5.32 Å². The van der Waals surface area contributed by atoms with E-state index in [9.17, 15) is 4.79 Å². The Morgan fingerprint density at radius 1 is 0.804 bits per heavy atom. The van der Waals surface area contributed by atoms with Crippen LogP contribution in [0.5, 0.6) is 11.5 Å². The first kappa shape index (κ1) is 36.0. The lowest BCUT2D eigenvalue weighted by atomic mass is 10.1. The van der Waals surface area contributed by atoms with Crippen LogP contribution < -0.4 is 19.7 Å². The molecule has 4 rings (SSSR count). The highest BCUT2D eigenvalue weighted by Crippen LogP contribution is 2.22. The third kappa shape index (κ3) is 12.9. The lowest BCUT2D eigenvalue weighted by Gasteiger charge is -2.25. The summed E-state index contributed by atoms with van der Waals surface area (Å²) >= 11 is 15.7. The monoisotopic (exact) mass is 671 g/mol. The third-order valence-corrected chi connectivity index (χ3v) is 6.51. The number of isothiocyanates is 1. The zero-order valence-corrected chi connectivity index (χ0v) is 28.7. The number of hydrogen-bond acceptors (Lipinski definition) is 8. The van der Waals surface area contributed by atoms with E-state index in [-0.39, 0.29) is 16.9 Å². The number of nitrogens with one attached hydrogen (secondary N) is 1. The van der Waals surface area contributed by atoms with Gasteiger partial charge in [-0.1, -0.05) is 74.0 Å². The molecule has 0 aliphatic rings. The van der Waals surface area contributed by atoms with E-state index in [1.165, 1.54) is 10.5 Å². The predicted octanol–water partition coefficient (Wildman–Crippen LogP) is 9.62. The van der Waals surface area contributed by atoms with Crippen molar-refractivity contribution in [3.8, 4) is 11.5 Å². The average Bonchev–Trinajstić information content (AvgIpc) is 3.01. The molecule has 0 saturated heterocycles. The van der Waals surface area contributed by atoms with Crippen molar-refractivity contribution < 1.29 is 19.0 Å². The Hall–Kier alpha value is -4.47. The van der Waals surface area contributed by atoms with Crippen molar-refractivity contribution in [2.75, 3.05) is 4.90 Å². The smallest absolute Gasteiger partial charge is 0.407 e. The molecule has 0 heterocycles.